The lowest BCUT2D eigenvalue weighted by molar-refractivity contribution is -0.113. The third-order valence-corrected chi connectivity index (χ3v) is 29.2. The summed E-state index contributed by atoms with van der Waals surface area (Å²) in [7, 11) is -11.6. The number of sulfonamides is 1. The number of carbonyl (C=O) groups is 9. The third kappa shape index (κ3) is 19.3. The van der Waals surface area contributed by atoms with E-state index in [0.717, 1.165) is 63.3 Å². The number of aromatic carboxylic acids is 1. The summed E-state index contributed by atoms with van der Waals surface area (Å²) in [6.45, 7) is -0.250. The average Bonchev–Trinajstić information content (AvgIpc) is 1.57. The summed E-state index contributed by atoms with van der Waals surface area (Å²) >= 11 is 9.27. The number of amides is 3. The molecule has 45 heteroatoms. The number of carboxylic acid groups (broad SMARTS) is 1. The molecule has 0 atom stereocenters. The van der Waals surface area contributed by atoms with Crippen LogP contribution in [0, 0.1) is 29.2 Å². The maximum Gasteiger partial charge on any atom is 0.353 e. The van der Waals surface area contributed by atoms with Gasteiger partial charge in [0, 0.05) is 130 Å². The van der Waals surface area contributed by atoms with E-state index in [1.807, 2.05) is 35.2 Å². The zero-order valence-electron chi connectivity index (χ0n) is 78.0. The number of halogens is 6. The standard InChI is InChI=1S/C27H17ClFN3O4S.C27H20FN3O6S.C25H18F2N4O6S.C25H21FN2O6S2/c1-37-15-5-4-13-9-14(25(28)31-19(13)10-15)12-32-20-11-18(29)16-6-8-36-24(16)22(20)21(23(32)27(34)35)17-3-2-7-30-26(17)33;1-38(34,35)13-21(33)25-23(16-4-2-3-5-20(16)32)24-19(11-18(28)15-8-9-36-26(15)24)31(25)12-14-6-7-22-17(10-14)27(29)30-37-22;1-38(35,36)30-25(34)21-19(15-4-2-3-5-18(15)32)20-17(9-16(26)14-6-7-37-22(14)20)31(21)11-13-8-12(24(28)33)10-29-23(13)27;1-36(32,33)12-19(30)23-21(15-4-2-3-5-18(15)29)22-17(9-16(26)14-6-7-34-24(14)22)28(23)10-13-8-20(25(27)31)35-11-13/h2-11H,12H2,1H3,(H,30,33)(H,34,35);2-4,6-11H,5,12-13H2,1H3,(H2,29,30);2-4,6-10H,5,11H2,1H3,(H2,28,33)(H,30,34);2-4,8-9,11H,5-7,10,12H2,1H3,(H2,27,31). The lowest BCUT2D eigenvalue weighted by Crippen LogP contribution is -2.32. The molecule has 0 bridgehead atoms. The van der Waals surface area contributed by atoms with E-state index >= 15 is 17.6 Å². The Kier molecular flexibility index (Phi) is 26.8. The second kappa shape index (κ2) is 39.5. The number of thioether (sulfide) groups is 1. The Labute approximate surface area is 850 Å². The second-order valence-corrected chi connectivity index (χ2v) is 43.3. The summed E-state index contributed by atoms with van der Waals surface area (Å²) in [6.07, 6.45) is 25.9. The number of sulfone groups is 2. The number of Topliss-reactive ketones (excluding diaryl/α,β-unsaturated/α-hetero) is 5. The number of pyridine rings is 3. The number of anilines is 1. The number of primary amides is 2. The number of carboxylic acids is 1. The quantitative estimate of drug-likeness (QED) is 0.0142. The molecule has 1 aliphatic heterocycles. The van der Waals surface area contributed by atoms with Gasteiger partial charge in [0.15, 0.2) is 60.0 Å². The van der Waals surface area contributed by atoms with Crippen molar-refractivity contribution in [3.63, 3.8) is 0 Å². The van der Waals surface area contributed by atoms with Gasteiger partial charge in [-0.05, 0) is 120 Å². The number of rotatable bonds is 24. The van der Waals surface area contributed by atoms with Crippen LogP contribution < -0.4 is 32.2 Å². The highest BCUT2D eigenvalue weighted by molar-refractivity contribution is 7.98. The van der Waals surface area contributed by atoms with Crippen LogP contribution in [0.15, 0.2) is 228 Å². The Bertz CT molecular complexity index is 9620. The van der Waals surface area contributed by atoms with E-state index in [9.17, 15) is 82.7 Å². The first-order valence-electron chi connectivity index (χ1n) is 44.8. The first kappa shape index (κ1) is 101. The number of ketones is 5. The molecule has 12 aromatic heterocycles. The topological polar surface area (TPSA) is 519 Å². The lowest BCUT2D eigenvalue weighted by Gasteiger charge is -2.14. The second-order valence-electron chi connectivity index (χ2n) is 35.1. The number of carbonyl (C=O) groups excluding carboxylic acids is 8. The molecular weight excluding hydrogens is 2060 g/mol. The fourth-order valence-corrected chi connectivity index (χ4v) is 21.9. The van der Waals surface area contributed by atoms with Gasteiger partial charge >= 0.3 is 5.97 Å². The zero-order valence-corrected chi connectivity index (χ0v) is 82.9. The normalized spacial score (nSPS) is 13.7. The van der Waals surface area contributed by atoms with Gasteiger partial charge in [-0.3, -0.25) is 43.2 Å². The molecule has 0 radical (unpaired) electrons. The zero-order chi connectivity index (χ0) is 106. The van der Waals surface area contributed by atoms with E-state index in [1.165, 1.54) is 87.2 Å². The van der Waals surface area contributed by atoms with Gasteiger partial charge in [0.05, 0.1) is 143 Å². The van der Waals surface area contributed by atoms with Gasteiger partial charge in [0.2, 0.25) is 21.9 Å². The summed E-state index contributed by atoms with van der Waals surface area (Å²) in [5, 5.41) is 19.0. The molecule has 0 saturated heterocycles. The number of hydrogen-bond acceptors (Lipinski definition) is 27. The first-order chi connectivity index (χ1) is 71.0. The number of ether oxygens (including phenoxy) is 1. The minimum Gasteiger partial charge on any atom is -0.492 e. The van der Waals surface area contributed by atoms with E-state index in [-0.39, 0.29) is 213 Å². The number of nitrogens with one attached hydrogen (secondary N) is 2. The molecule has 6 aromatic carbocycles. The number of nitrogens with two attached hydrogens (primary N) is 3. The molecule has 0 spiro atoms. The molecule has 22 rings (SSSR count). The van der Waals surface area contributed by atoms with E-state index in [2.05, 4.69) is 20.1 Å². The highest BCUT2D eigenvalue weighted by atomic mass is 35.5. The van der Waals surface area contributed by atoms with Gasteiger partial charge in [-0.15, -0.1) is 23.1 Å². The number of hydrogen-bond donors (Lipinski definition) is 6. The van der Waals surface area contributed by atoms with Gasteiger partial charge in [0.25, 0.3) is 17.4 Å². The maximum absolute atomic E-state index is 15.2. The van der Waals surface area contributed by atoms with E-state index in [1.54, 1.807) is 96.1 Å². The van der Waals surface area contributed by atoms with E-state index in [4.69, 9.17) is 51.3 Å². The highest BCUT2D eigenvalue weighted by Gasteiger charge is 2.40. The molecule has 0 fully saturated rings. The van der Waals surface area contributed by atoms with Crippen molar-refractivity contribution in [2.75, 3.05) is 48.9 Å². The molecule has 4 aliphatic rings. The number of H-pyrrole nitrogens is 1. The summed E-state index contributed by atoms with van der Waals surface area (Å²) in [5.41, 5.74) is 20.8. The Hall–Kier alpha value is -16.8. The number of aromatic amines is 1. The Morgan fingerprint density at radius 2 is 1.08 bits per heavy atom. The Morgan fingerprint density at radius 1 is 0.570 bits per heavy atom. The predicted octanol–water partition coefficient (Wildman–Crippen LogP) is 16.9. The molecule has 3 aliphatic carbocycles. The van der Waals surface area contributed by atoms with Crippen molar-refractivity contribution in [1.82, 2.24) is 43.1 Å². The van der Waals surface area contributed by atoms with Crippen LogP contribution in [0.5, 0.6) is 5.75 Å². The van der Waals surface area contributed by atoms with Crippen LogP contribution in [0.1, 0.15) is 126 Å². The molecule has 149 heavy (non-hydrogen) atoms. The van der Waals surface area contributed by atoms with Crippen molar-refractivity contribution in [2.24, 2.45) is 11.5 Å². The van der Waals surface area contributed by atoms with Crippen molar-refractivity contribution in [3.05, 3.63) is 323 Å². The largest absolute Gasteiger partial charge is 0.492 e. The van der Waals surface area contributed by atoms with Crippen LogP contribution in [0.3, 0.4) is 0 Å². The van der Waals surface area contributed by atoms with Crippen LogP contribution in [0.2, 0.25) is 5.15 Å². The van der Waals surface area contributed by atoms with Crippen molar-refractivity contribution >= 4 is 238 Å². The number of aromatic nitrogens is 8. The highest BCUT2D eigenvalue weighted by Crippen LogP contribution is 2.49. The summed E-state index contributed by atoms with van der Waals surface area (Å²) in [6, 6.07) is 27.7. The number of nitrogens with zero attached hydrogens (tertiary/aromatic N) is 7. The molecule has 18 aromatic rings. The SMILES string of the molecule is CS(=O)(=O)CC(=O)c1c(C2=CC=CCC2=O)c2c3c(c(F)cc2n1Cc1csc(C(N)=O)c1)CCO3.CS(=O)(=O)CC(=O)c1c(C2=CC=CCC2=O)c2c3occc3c(F)cc2n1Cc1ccc2onc(N)c2c1.CS(=O)(=O)NC(=O)c1c(C2=CC=CCC2=O)c2c3occc3c(F)cc2n1Cc1cc(C(N)=O)cnc1F.CSc1ccc2cc(Cn3c(C(=O)O)c(-c4ccc[nH]c4=O)c4c5occc5c(F)cc43)c(Cl)nc2c1. The fraction of sp³-hybridized carbons (Fsp3) is 0.144. The van der Waals surface area contributed by atoms with Crippen LogP contribution in [0.25, 0.3) is 126 Å². The average molecular weight is 2140 g/mol. The van der Waals surface area contributed by atoms with Gasteiger partial charge < -0.3 is 68.1 Å². The summed E-state index contributed by atoms with van der Waals surface area (Å²) in [5.74, 6) is -10.9. The van der Waals surface area contributed by atoms with Crippen LogP contribution in [-0.4, -0.2) is 164 Å². The maximum atomic E-state index is 15.2. The van der Waals surface area contributed by atoms with Crippen LogP contribution in [-0.2, 0) is 76.7 Å². The van der Waals surface area contributed by atoms with Gasteiger partial charge in [-0.2, -0.15) is 4.39 Å². The van der Waals surface area contributed by atoms with Crippen molar-refractivity contribution < 1.29 is 118 Å². The predicted molar refractivity (Wildman–Crippen MR) is 549 cm³/mol. The number of nitrogen functional groups attached to an aromatic ring is 1. The molecule has 0 unspecified atom stereocenters. The molecule has 9 N–H and O–H groups in total. The molecule has 13 heterocycles. The van der Waals surface area contributed by atoms with Crippen molar-refractivity contribution in [1.29, 1.82) is 0 Å². The monoisotopic (exact) mass is 2130 g/mol. The first-order valence-corrected chi connectivity index (χ1v) is 53.3. The van der Waals surface area contributed by atoms with Gasteiger partial charge in [-0.1, -0.05) is 83.6 Å². The molecule has 0 saturated carbocycles. The van der Waals surface area contributed by atoms with Crippen LogP contribution >= 0.6 is 34.7 Å². The Balaban J connectivity index is 0.000000125. The number of allylic oxidation sites excluding steroid dienone is 12. The summed E-state index contributed by atoms with van der Waals surface area (Å²) in [4.78, 5) is 140. The van der Waals surface area contributed by atoms with Crippen molar-refractivity contribution in [2.45, 2.75) is 56.8 Å². The van der Waals surface area contributed by atoms with E-state index < -0.39 is 124 Å². The number of fused-ring (bicyclic) bond motifs is 14. The molecule has 34 nitrogen and oxygen atoms in total. The molecule has 756 valence electrons. The van der Waals surface area contributed by atoms with E-state index in [0.29, 0.717) is 66.2 Å². The molecule has 3 amide bonds. The van der Waals surface area contributed by atoms with Gasteiger partial charge in [-0.25, -0.2) is 62.3 Å². The summed E-state index contributed by atoms with van der Waals surface area (Å²) < 4.78 is 183. The van der Waals surface area contributed by atoms with Gasteiger partial charge in [0.1, 0.15) is 73.8 Å². The lowest BCUT2D eigenvalue weighted by atomic mass is 9.92. The number of thiophene rings is 1. The minimum atomic E-state index is -4.10. The third-order valence-electron chi connectivity index (χ3n) is 25.1. The minimum absolute atomic E-state index is 0.00473. The Morgan fingerprint density at radius 3 is 1.59 bits per heavy atom. The molecular formula is C104H76ClF5N12O22S5. The van der Waals surface area contributed by atoms with Crippen molar-refractivity contribution in [3.8, 4) is 16.9 Å². The number of furan rings is 3. The van der Waals surface area contributed by atoms with Crippen LogP contribution in [0.4, 0.5) is 27.8 Å². The smallest absolute Gasteiger partial charge is 0.353 e. The number of benzene rings is 6. The fourth-order valence-electron chi connectivity index (χ4n) is 18.9.